The van der Waals surface area contributed by atoms with E-state index in [0.717, 1.165) is 37.1 Å². The third kappa shape index (κ3) is 4.51. The summed E-state index contributed by atoms with van der Waals surface area (Å²) in [6.07, 6.45) is 3.58. The fraction of sp³-hybridized carbons (Fsp3) is 0.533. The Labute approximate surface area is 120 Å². The van der Waals surface area contributed by atoms with Crippen LogP contribution in [0.5, 0.6) is 0 Å². The molecule has 5 nitrogen and oxygen atoms in total. The highest BCUT2D eigenvalue weighted by Crippen LogP contribution is 2.16. The molecule has 3 N–H and O–H groups in total. The molecule has 1 aromatic carbocycles. The lowest BCUT2D eigenvalue weighted by Crippen LogP contribution is -2.24. The van der Waals surface area contributed by atoms with Crippen molar-refractivity contribution in [3.63, 3.8) is 0 Å². The first kappa shape index (κ1) is 14.8. The zero-order valence-electron chi connectivity index (χ0n) is 12.0. The van der Waals surface area contributed by atoms with Crippen molar-refractivity contribution in [2.45, 2.75) is 32.0 Å². The van der Waals surface area contributed by atoms with Gasteiger partial charge in [0, 0.05) is 31.5 Å². The molecule has 0 aliphatic carbocycles. The molecule has 1 heterocycles. The Hall–Kier alpha value is -1.59. The zero-order chi connectivity index (χ0) is 14.2. The fourth-order valence-electron chi connectivity index (χ4n) is 2.30. The molecule has 0 amide bonds. The highest BCUT2D eigenvalue weighted by atomic mass is 16.5. The van der Waals surface area contributed by atoms with Crippen molar-refractivity contribution in [2.24, 2.45) is 10.7 Å². The highest BCUT2D eigenvalue weighted by Gasteiger charge is 2.14. The number of benzene rings is 1. The van der Waals surface area contributed by atoms with E-state index < -0.39 is 0 Å². The van der Waals surface area contributed by atoms with Crippen molar-refractivity contribution in [2.75, 3.05) is 25.6 Å². The van der Waals surface area contributed by atoms with Crippen LogP contribution in [0.3, 0.4) is 0 Å². The fourth-order valence-corrected chi connectivity index (χ4v) is 2.30. The quantitative estimate of drug-likeness (QED) is 0.617. The van der Waals surface area contributed by atoms with Crippen molar-refractivity contribution in [3.8, 4) is 0 Å². The van der Waals surface area contributed by atoms with Crippen LogP contribution < -0.4 is 11.1 Å². The molecule has 2 rings (SSSR count). The van der Waals surface area contributed by atoms with Gasteiger partial charge in [-0.2, -0.15) is 0 Å². The number of nitrogens with two attached hydrogens (primary N) is 1. The molecule has 1 atom stereocenters. The number of nitrogens with one attached hydrogen (secondary N) is 1. The van der Waals surface area contributed by atoms with Crippen LogP contribution in [0, 0.1) is 0 Å². The molecule has 1 aliphatic heterocycles. The van der Waals surface area contributed by atoms with Crippen LogP contribution in [0.2, 0.25) is 0 Å². The molecule has 20 heavy (non-hydrogen) atoms. The Bertz CT molecular complexity index is 442. The molecule has 110 valence electrons. The number of hydrogen-bond donors (Lipinski definition) is 2. The van der Waals surface area contributed by atoms with Gasteiger partial charge >= 0.3 is 0 Å². The van der Waals surface area contributed by atoms with Gasteiger partial charge in [0.2, 0.25) is 0 Å². The standard InChI is InChI=1S/C15H23N3O2/c1-19-11-12-5-2-3-7-14(12)18-15(16)17-9-8-13-6-4-10-20-13/h2-3,5,7,13H,4,6,8-11H2,1H3,(H3,16,17,18). The molecule has 0 saturated carbocycles. The van der Waals surface area contributed by atoms with Crippen molar-refractivity contribution in [1.82, 2.24) is 0 Å². The van der Waals surface area contributed by atoms with Crippen molar-refractivity contribution < 1.29 is 9.47 Å². The van der Waals surface area contributed by atoms with Gasteiger partial charge in [0.1, 0.15) is 0 Å². The van der Waals surface area contributed by atoms with E-state index in [2.05, 4.69) is 10.3 Å². The van der Waals surface area contributed by atoms with Crippen LogP contribution in [0.25, 0.3) is 0 Å². The molecule has 1 aromatic rings. The van der Waals surface area contributed by atoms with E-state index in [4.69, 9.17) is 15.2 Å². The molecule has 1 saturated heterocycles. The summed E-state index contributed by atoms with van der Waals surface area (Å²) in [4.78, 5) is 4.35. The average Bonchev–Trinajstić information content (AvgIpc) is 2.94. The Kier molecular flexibility index (Phi) is 5.83. The molecule has 1 fully saturated rings. The molecule has 5 heteroatoms. The second-order valence-electron chi connectivity index (χ2n) is 4.91. The number of anilines is 1. The van der Waals surface area contributed by atoms with Gasteiger partial charge in [-0.1, -0.05) is 18.2 Å². The second-order valence-corrected chi connectivity index (χ2v) is 4.91. The Morgan fingerprint density at radius 3 is 3.10 bits per heavy atom. The lowest BCUT2D eigenvalue weighted by atomic mass is 10.2. The molecule has 1 aliphatic rings. The minimum absolute atomic E-state index is 0.354. The predicted octanol–water partition coefficient (Wildman–Crippen LogP) is 2.13. The van der Waals surface area contributed by atoms with E-state index in [1.165, 1.54) is 0 Å². The summed E-state index contributed by atoms with van der Waals surface area (Å²) < 4.78 is 10.7. The van der Waals surface area contributed by atoms with Crippen molar-refractivity contribution >= 4 is 11.6 Å². The number of nitrogens with zero attached hydrogens (tertiary/aromatic N) is 1. The largest absolute Gasteiger partial charge is 0.380 e. The van der Waals surface area contributed by atoms with Crippen molar-refractivity contribution in [3.05, 3.63) is 29.8 Å². The summed E-state index contributed by atoms with van der Waals surface area (Å²) in [6.45, 7) is 2.12. The SMILES string of the molecule is COCc1ccccc1NC(N)=NCCC1CCCO1. The lowest BCUT2D eigenvalue weighted by molar-refractivity contribution is 0.106. The molecule has 1 unspecified atom stereocenters. The number of guanidine groups is 1. The number of rotatable bonds is 6. The summed E-state index contributed by atoms with van der Waals surface area (Å²) in [5.41, 5.74) is 7.91. The highest BCUT2D eigenvalue weighted by molar-refractivity contribution is 5.92. The number of para-hydroxylation sites is 1. The van der Waals surface area contributed by atoms with Gasteiger partial charge < -0.3 is 20.5 Å². The third-order valence-corrected chi connectivity index (χ3v) is 3.34. The number of methoxy groups -OCH3 is 1. The van der Waals surface area contributed by atoms with E-state index in [-0.39, 0.29) is 0 Å². The predicted molar refractivity (Wildman–Crippen MR) is 80.9 cm³/mol. The average molecular weight is 277 g/mol. The molecular formula is C15H23N3O2. The van der Waals surface area contributed by atoms with Crippen LogP contribution in [-0.2, 0) is 16.1 Å². The molecule has 0 bridgehead atoms. The Morgan fingerprint density at radius 1 is 1.50 bits per heavy atom. The molecule has 0 spiro atoms. The first-order chi connectivity index (χ1) is 9.79. The van der Waals surface area contributed by atoms with Gasteiger partial charge in [-0.3, -0.25) is 4.99 Å². The summed E-state index contributed by atoms with van der Waals surface area (Å²) in [5.74, 6) is 0.437. The van der Waals surface area contributed by atoms with Crippen molar-refractivity contribution in [1.29, 1.82) is 0 Å². The molecular weight excluding hydrogens is 254 g/mol. The summed E-state index contributed by atoms with van der Waals surface area (Å²) in [7, 11) is 1.68. The van der Waals surface area contributed by atoms with E-state index in [1.807, 2.05) is 24.3 Å². The van der Waals surface area contributed by atoms with E-state index >= 15 is 0 Å². The third-order valence-electron chi connectivity index (χ3n) is 3.34. The van der Waals surface area contributed by atoms with Gasteiger partial charge in [-0.05, 0) is 25.3 Å². The first-order valence-electron chi connectivity index (χ1n) is 7.05. The monoisotopic (exact) mass is 277 g/mol. The number of hydrogen-bond acceptors (Lipinski definition) is 3. The first-order valence-corrected chi connectivity index (χ1v) is 7.05. The maximum absolute atomic E-state index is 5.91. The lowest BCUT2D eigenvalue weighted by Gasteiger charge is -2.11. The Balaban J connectivity index is 1.84. The van der Waals surface area contributed by atoms with Crippen LogP contribution in [0.1, 0.15) is 24.8 Å². The van der Waals surface area contributed by atoms with E-state index in [1.54, 1.807) is 7.11 Å². The second kappa shape index (κ2) is 7.87. The van der Waals surface area contributed by atoms with Crippen LogP contribution in [-0.4, -0.2) is 32.3 Å². The minimum Gasteiger partial charge on any atom is -0.380 e. The summed E-state index contributed by atoms with van der Waals surface area (Å²) >= 11 is 0. The molecule has 0 radical (unpaired) electrons. The van der Waals surface area contributed by atoms with Crippen LogP contribution >= 0.6 is 0 Å². The number of ether oxygens (including phenoxy) is 2. The molecule has 0 aromatic heterocycles. The minimum atomic E-state index is 0.354. The van der Waals surface area contributed by atoms with Gasteiger partial charge in [0.15, 0.2) is 5.96 Å². The smallest absolute Gasteiger partial charge is 0.193 e. The summed E-state index contributed by atoms with van der Waals surface area (Å²) in [5, 5.41) is 3.13. The normalized spacial score (nSPS) is 19.2. The maximum atomic E-state index is 5.91. The van der Waals surface area contributed by atoms with Crippen LogP contribution in [0.4, 0.5) is 5.69 Å². The van der Waals surface area contributed by atoms with E-state index in [9.17, 15) is 0 Å². The van der Waals surface area contributed by atoms with Gasteiger partial charge in [0.05, 0.1) is 12.7 Å². The van der Waals surface area contributed by atoms with E-state index in [0.29, 0.717) is 25.2 Å². The summed E-state index contributed by atoms with van der Waals surface area (Å²) in [6, 6.07) is 7.91. The number of aliphatic imine (C=N–C) groups is 1. The van der Waals surface area contributed by atoms with Gasteiger partial charge in [-0.15, -0.1) is 0 Å². The Morgan fingerprint density at radius 2 is 2.35 bits per heavy atom. The topological polar surface area (TPSA) is 68.9 Å². The maximum Gasteiger partial charge on any atom is 0.193 e. The zero-order valence-corrected chi connectivity index (χ0v) is 12.0. The van der Waals surface area contributed by atoms with Gasteiger partial charge in [0.25, 0.3) is 0 Å². The van der Waals surface area contributed by atoms with Gasteiger partial charge in [-0.25, -0.2) is 0 Å². The van der Waals surface area contributed by atoms with Crippen LogP contribution in [0.15, 0.2) is 29.3 Å².